The summed E-state index contributed by atoms with van der Waals surface area (Å²) in [6.07, 6.45) is 0.0670. The predicted octanol–water partition coefficient (Wildman–Crippen LogP) is 3.16. The summed E-state index contributed by atoms with van der Waals surface area (Å²) in [4.78, 5) is 10.9. The lowest BCUT2D eigenvalue weighted by Gasteiger charge is -2.15. The van der Waals surface area contributed by atoms with Crippen molar-refractivity contribution in [3.05, 3.63) is 71.3 Å². The fourth-order valence-corrected chi connectivity index (χ4v) is 2.19. The molecule has 0 aliphatic heterocycles. The molecule has 104 valence electrons. The summed E-state index contributed by atoms with van der Waals surface area (Å²) in [5.41, 5.74) is 3.13. The predicted molar refractivity (Wildman–Crippen MR) is 79.5 cm³/mol. The fourth-order valence-electron chi connectivity index (χ4n) is 2.19. The minimum Gasteiger partial charge on any atom is -0.481 e. The van der Waals surface area contributed by atoms with Crippen LogP contribution in [-0.2, 0) is 17.8 Å². The molecule has 2 N–H and O–H groups in total. The summed E-state index contributed by atoms with van der Waals surface area (Å²) in [5, 5.41) is 12.4. The van der Waals surface area contributed by atoms with Gasteiger partial charge in [0.05, 0.1) is 6.42 Å². The molecule has 0 heterocycles. The standard InChI is InChI=1S/C17H19NO2/c1-13(14-7-3-2-4-8-14)18-12-16-10-6-5-9-15(16)11-17(19)20/h2-10,13,18H,11-12H2,1H3,(H,19,20)/t13-/m1/s1. The number of benzene rings is 2. The average Bonchev–Trinajstić information content (AvgIpc) is 2.46. The van der Waals surface area contributed by atoms with Crippen LogP contribution >= 0.6 is 0 Å². The van der Waals surface area contributed by atoms with Crippen molar-refractivity contribution in [3.8, 4) is 0 Å². The summed E-state index contributed by atoms with van der Waals surface area (Å²) in [7, 11) is 0. The van der Waals surface area contributed by atoms with Gasteiger partial charge in [-0.05, 0) is 23.6 Å². The molecule has 0 fully saturated rings. The number of rotatable bonds is 6. The smallest absolute Gasteiger partial charge is 0.307 e. The lowest BCUT2D eigenvalue weighted by molar-refractivity contribution is -0.136. The second kappa shape index (κ2) is 6.87. The molecule has 0 saturated carbocycles. The second-order valence-corrected chi connectivity index (χ2v) is 4.85. The highest BCUT2D eigenvalue weighted by atomic mass is 16.4. The van der Waals surface area contributed by atoms with E-state index in [1.807, 2.05) is 42.5 Å². The van der Waals surface area contributed by atoms with Crippen molar-refractivity contribution in [2.24, 2.45) is 0 Å². The van der Waals surface area contributed by atoms with Crippen molar-refractivity contribution in [1.82, 2.24) is 5.32 Å². The SMILES string of the molecule is C[C@@H](NCc1ccccc1CC(=O)O)c1ccccc1. The Morgan fingerprint density at radius 1 is 1.05 bits per heavy atom. The Morgan fingerprint density at radius 3 is 2.30 bits per heavy atom. The van der Waals surface area contributed by atoms with E-state index in [0.717, 1.165) is 11.1 Å². The third-order valence-electron chi connectivity index (χ3n) is 3.36. The topological polar surface area (TPSA) is 49.3 Å². The highest BCUT2D eigenvalue weighted by molar-refractivity contribution is 5.70. The van der Waals surface area contributed by atoms with Gasteiger partial charge in [0.15, 0.2) is 0 Å². The zero-order valence-electron chi connectivity index (χ0n) is 11.5. The molecule has 3 nitrogen and oxygen atoms in total. The number of carbonyl (C=O) groups is 1. The molecule has 0 aromatic heterocycles. The van der Waals surface area contributed by atoms with E-state index in [1.165, 1.54) is 5.56 Å². The Kier molecular flexibility index (Phi) is 4.91. The van der Waals surface area contributed by atoms with Crippen molar-refractivity contribution in [3.63, 3.8) is 0 Å². The van der Waals surface area contributed by atoms with E-state index >= 15 is 0 Å². The molecule has 1 atom stereocenters. The van der Waals surface area contributed by atoms with Crippen LogP contribution in [0.5, 0.6) is 0 Å². The van der Waals surface area contributed by atoms with Crippen LogP contribution in [0, 0.1) is 0 Å². The fraction of sp³-hybridized carbons (Fsp3) is 0.235. The molecule has 0 unspecified atom stereocenters. The van der Waals surface area contributed by atoms with Gasteiger partial charge in [-0.2, -0.15) is 0 Å². The van der Waals surface area contributed by atoms with Gasteiger partial charge in [-0.15, -0.1) is 0 Å². The van der Waals surface area contributed by atoms with Gasteiger partial charge in [-0.1, -0.05) is 54.6 Å². The van der Waals surface area contributed by atoms with E-state index in [-0.39, 0.29) is 12.5 Å². The average molecular weight is 269 g/mol. The quantitative estimate of drug-likeness (QED) is 0.847. The van der Waals surface area contributed by atoms with Gasteiger partial charge in [-0.3, -0.25) is 4.79 Å². The molecule has 0 bridgehead atoms. The summed E-state index contributed by atoms with van der Waals surface area (Å²) < 4.78 is 0. The first-order valence-electron chi connectivity index (χ1n) is 6.73. The van der Waals surface area contributed by atoms with Crippen molar-refractivity contribution in [2.45, 2.75) is 25.9 Å². The number of aliphatic carboxylic acids is 1. The molecule has 2 aromatic rings. The lowest BCUT2D eigenvalue weighted by atomic mass is 10.0. The highest BCUT2D eigenvalue weighted by Crippen LogP contribution is 2.14. The van der Waals surface area contributed by atoms with Gasteiger partial charge < -0.3 is 10.4 Å². The summed E-state index contributed by atoms with van der Waals surface area (Å²) in [6, 6.07) is 18.1. The summed E-state index contributed by atoms with van der Waals surface area (Å²) in [6.45, 7) is 2.77. The van der Waals surface area contributed by atoms with Gasteiger partial charge in [-0.25, -0.2) is 0 Å². The van der Waals surface area contributed by atoms with E-state index in [4.69, 9.17) is 5.11 Å². The molecule has 0 radical (unpaired) electrons. The third-order valence-corrected chi connectivity index (χ3v) is 3.36. The van der Waals surface area contributed by atoms with Crippen LogP contribution in [-0.4, -0.2) is 11.1 Å². The van der Waals surface area contributed by atoms with Crippen molar-refractivity contribution < 1.29 is 9.90 Å². The maximum Gasteiger partial charge on any atom is 0.307 e. The molecule has 0 amide bonds. The molecular formula is C17H19NO2. The Hall–Kier alpha value is -2.13. The van der Waals surface area contributed by atoms with Crippen molar-refractivity contribution in [2.75, 3.05) is 0 Å². The number of carboxylic acids is 1. The van der Waals surface area contributed by atoms with Crippen molar-refractivity contribution >= 4 is 5.97 Å². The van der Waals surface area contributed by atoms with E-state index in [9.17, 15) is 4.79 Å². The van der Waals surface area contributed by atoms with E-state index in [2.05, 4.69) is 24.4 Å². The van der Waals surface area contributed by atoms with Gasteiger partial charge in [0.2, 0.25) is 0 Å². The zero-order chi connectivity index (χ0) is 14.4. The molecule has 2 rings (SSSR count). The minimum atomic E-state index is -0.798. The molecular weight excluding hydrogens is 250 g/mol. The zero-order valence-corrected chi connectivity index (χ0v) is 11.5. The van der Waals surface area contributed by atoms with E-state index < -0.39 is 5.97 Å². The van der Waals surface area contributed by atoms with Gasteiger partial charge in [0.1, 0.15) is 0 Å². The monoisotopic (exact) mass is 269 g/mol. The molecule has 0 aliphatic carbocycles. The molecule has 0 spiro atoms. The van der Waals surface area contributed by atoms with Crippen LogP contribution in [0.25, 0.3) is 0 Å². The Balaban J connectivity index is 2.02. The molecule has 3 heteroatoms. The van der Waals surface area contributed by atoms with Gasteiger partial charge in [0.25, 0.3) is 0 Å². The Labute approximate surface area is 119 Å². The normalized spacial score (nSPS) is 12.1. The van der Waals surface area contributed by atoms with E-state index in [1.54, 1.807) is 0 Å². The molecule has 20 heavy (non-hydrogen) atoms. The largest absolute Gasteiger partial charge is 0.481 e. The number of hydrogen-bond acceptors (Lipinski definition) is 2. The number of nitrogens with one attached hydrogen (secondary N) is 1. The highest BCUT2D eigenvalue weighted by Gasteiger charge is 2.08. The summed E-state index contributed by atoms with van der Waals surface area (Å²) >= 11 is 0. The number of hydrogen-bond donors (Lipinski definition) is 2. The van der Waals surface area contributed by atoms with Crippen LogP contribution < -0.4 is 5.32 Å². The first kappa shape index (κ1) is 14.3. The minimum absolute atomic E-state index is 0.0670. The maximum absolute atomic E-state index is 10.9. The number of carboxylic acid groups (broad SMARTS) is 1. The lowest BCUT2D eigenvalue weighted by Crippen LogP contribution is -2.19. The van der Waals surface area contributed by atoms with Crippen LogP contribution in [0.2, 0.25) is 0 Å². The first-order valence-corrected chi connectivity index (χ1v) is 6.73. The van der Waals surface area contributed by atoms with Crippen LogP contribution in [0.3, 0.4) is 0 Å². The van der Waals surface area contributed by atoms with Crippen LogP contribution in [0.15, 0.2) is 54.6 Å². The van der Waals surface area contributed by atoms with Gasteiger partial charge >= 0.3 is 5.97 Å². The maximum atomic E-state index is 10.9. The summed E-state index contributed by atoms with van der Waals surface area (Å²) in [5.74, 6) is -0.798. The molecule has 0 saturated heterocycles. The molecule has 0 aliphatic rings. The van der Waals surface area contributed by atoms with Crippen LogP contribution in [0.1, 0.15) is 29.7 Å². The third kappa shape index (κ3) is 3.93. The Morgan fingerprint density at radius 2 is 1.65 bits per heavy atom. The van der Waals surface area contributed by atoms with E-state index in [0.29, 0.717) is 6.54 Å². The Bertz CT molecular complexity index is 566. The van der Waals surface area contributed by atoms with Crippen LogP contribution in [0.4, 0.5) is 0 Å². The first-order chi connectivity index (χ1) is 9.66. The molecule has 2 aromatic carbocycles. The van der Waals surface area contributed by atoms with Gasteiger partial charge in [0, 0.05) is 12.6 Å². The van der Waals surface area contributed by atoms with Crippen molar-refractivity contribution in [1.29, 1.82) is 0 Å². The second-order valence-electron chi connectivity index (χ2n) is 4.85.